The summed E-state index contributed by atoms with van der Waals surface area (Å²) in [7, 11) is -3.96. The number of benzene rings is 2. The van der Waals surface area contributed by atoms with Crippen LogP contribution in [0.1, 0.15) is 36.4 Å². The van der Waals surface area contributed by atoms with E-state index in [2.05, 4.69) is 4.98 Å². The summed E-state index contributed by atoms with van der Waals surface area (Å²) in [5, 5.41) is 0. The fraction of sp³-hybridized carbons (Fsp3) is 0.318. The Bertz CT molecular complexity index is 1160. The molecular weight excluding hydrogens is 431 g/mol. The molecule has 0 radical (unpaired) electrons. The minimum Gasteiger partial charge on any atom is -0.441 e. The summed E-state index contributed by atoms with van der Waals surface area (Å²) in [5.41, 5.74) is 0.158. The maximum Gasteiger partial charge on any atom is 0.416 e. The summed E-state index contributed by atoms with van der Waals surface area (Å²) < 4.78 is 74.2. The van der Waals surface area contributed by atoms with Crippen molar-refractivity contribution >= 4 is 10.1 Å². The van der Waals surface area contributed by atoms with Gasteiger partial charge in [-0.2, -0.15) is 21.6 Å². The summed E-state index contributed by atoms with van der Waals surface area (Å²) >= 11 is 0. The van der Waals surface area contributed by atoms with Crippen LogP contribution in [-0.4, -0.2) is 20.0 Å². The van der Waals surface area contributed by atoms with Gasteiger partial charge in [-0.05, 0) is 50.2 Å². The van der Waals surface area contributed by atoms with E-state index in [-0.39, 0.29) is 17.4 Å². The minimum atomic E-state index is -4.43. The molecule has 0 atom stereocenters. The maximum atomic E-state index is 12.8. The summed E-state index contributed by atoms with van der Waals surface area (Å²) in [6, 6.07) is 10.8. The van der Waals surface area contributed by atoms with Crippen molar-refractivity contribution < 1.29 is 30.2 Å². The monoisotopic (exact) mass is 453 g/mol. The predicted molar refractivity (Wildman–Crippen MR) is 109 cm³/mol. The highest BCUT2D eigenvalue weighted by Gasteiger charge is 2.32. The molecule has 0 bridgehead atoms. The molecule has 31 heavy (non-hydrogen) atoms. The molecule has 0 N–H and O–H groups in total. The fourth-order valence-electron chi connectivity index (χ4n) is 3.02. The maximum absolute atomic E-state index is 12.8. The molecule has 0 aliphatic rings. The Labute approximate surface area is 179 Å². The smallest absolute Gasteiger partial charge is 0.416 e. The molecule has 0 fully saturated rings. The zero-order valence-corrected chi connectivity index (χ0v) is 18.3. The summed E-state index contributed by atoms with van der Waals surface area (Å²) in [5.74, 6) is 0.576. The van der Waals surface area contributed by atoms with Gasteiger partial charge in [-0.3, -0.25) is 4.18 Å². The van der Waals surface area contributed by atoms with Crippen LogP contribution in [0.2, 0.25) is 0 Å². The van der Waals surface area contributed by atoms with Gasteiger partial charge in [0.15, 0.2) is 0 Å². The van der Waals surface area contributed by atoms with E-state index in [0.29, 0.717) is 17.0 Å². The number of hydrogen-bond acceptors (Lipinski definition) is 5. The van der Waals surface area contributed by atoms with Gasteiger partial charge in [0, 0.05) is 11.0 Å². The molecule has 3 rings (SSSR count). The molecule has 9 heteroatoms. The molecule has 0 spiro atoms. The third kappa shape index (κ3) is 5.16. The molecule has 0 saturated heterocycles. The minimum absolute atomic E-state index is 0.0521. The van der Waals surface area contributed by atoms with Crippen LogP contribution in [0, 0.1) is 13.8 Å². The highest BCUT2D eigenvalue weighted by molar-refractivity contribution is 7.86. The van der Waals surface area contributed by atoms with E-state index in [0.717, 1.165) is 17.7 Å². The van der Waals surface area contributed by atoms with E-state index in [9.17, 15) is 21.6 Å². The number of aromatic nitrogens is 1. The van der Waals surface area contributed by atoms with Crippen molar-refractivity contribution in [2.75, 3.05) is 6.61 Å². The fourth-order valence-corrected chi connectivity index (χ4v) is 4.07. The zero-order chi connectivity index (χ0) is 23.0. The van der Waals surface area contributed by atoms with Crippen LogP contribution in [-0.2, 0) is 25.9 Å². The van der Waals surface area contributed by atoms with Gasteiger partial charge in [-0.25, -0.2) is 4.98 Å². The van der Waals surface area contributed by atoms with Crippen LogP contribution in [0.3, 0.4) is 0 Å². The van der Waals surface area contributed by atoms with Crippen LogP contribution in [0.5, 0.6) is 0 Å². The highest BCUT2D eigenvalue weighted by atomic mass is 32.2. The van der Waals surface area contributed by atoms with Gasteiger partial charge < -0.3 is 4.42 Å². The third-order valence-electron chi connectivity index (χ3n) is 4.78. The van der Waals surface area contributed by atoms with E-state index in [1.807, 2.05) is 6.92 Å². The van der Waals surface area contributed by atoms with Crippen molar-refractivity contribution in [1.29, 1.82) is 0 Å². The van der Waals surface area contributed by atoms with Gasteiger partial charge in [-0.15, -0.1) is 0 Å². The lowest BCUT2D eigenvalue weighted by molar-refractivity contribution is -0.137. The topological polar surface area (TPSA) is 69.4 Å². The van der Waals surface area contributed by atoms with E-state index in [1.165, 1.54) is 24.3 Å². The molecule has 0 aliphatic heterocycles. The van der Waals surface area contributed by atoms with Crippen molar-refractivity contribution in [3.05, 3.63) is 71.1 Å². The summed E-state index contributed by atoms with van der Waals surface area (Å²) in [4.78, 5) is 4.46. The van der Waals surface area contributed by atoms with Crippen molar-refractivity contribution in [2.45, 2.75) is 44.2 Å². The van der Waals surface area contributed by atoms with Gasteiger partial charge in [-0.1, -0.05) is 31.5 Å². The first-order chi connectivity index (χ1) is 14.3. The molecule has 0 saturated carbocycles. The van der Waals surface area contributed by atoms with Crippen molar-refractivity contribution in [3.8, 4) is 11.5 Å². The highest BCUT2D eigenvalue weighted by Crippen LogP contribution is 2.33. The Kier molecular flexibility index (Phi) is 6.03. The average molecular weight is 453 g/mol. The summed E-state index contributed by atoms with van der Waals surface area (Å²) in [6.07, 6.45) is -4.43. The predicted octanol–water partition coefficient (Wildman–Crippen LogP) is 5.66. The lowest BCUT2D eigenvalue weighted by Gasteiger charge is -2.22. The van der Waals surface area contributed by atoms with Gasteiger partial charge in [0.05, 0.1) is 22.8 Å². The van der Waals surface area contributed by atoms with Crippen LogP contribution in [0.25, 0.3) is 11.5 Å². The lowest BCUT2D eigenvalue weighted by Crippen LogP contribution is -2.27. The van der Waals surface area contributed by atoms with Crippen molar-refractivity contribution in [1.82, 2.24) is 4.98 Å². The van der Waals surface area contributed by atoms with Gasteiger partial charge in [0.2, 0.25) is 5.89 Å². The number of aryl methyl sites for hydroxylation is 2. The quantitative estimate of drug-likeness (QED) is 0.451. The molecule has 1 aromatic heterocycles. The normalized spacial score (nSPS) is 12.9. The molecule has 0 unspecified atom stereocenters. The zero-order valence-electron chi connectivity index (χ0n) is 17.4. The lowest BCUT2D eigenvalue weighted by atomic mass is 9.89. The van der Waals surface area contributed by atoms with E-state index >= 15 is 0 Å². The van der Waals surface area contributed by atoms with E-state index in [4.69, 9.17) is 8.60 Å². The number of rotatable bonds is 6. The second kappa shape index (κ2) is 8.12. The Morgan fingerprint density at radius 1 is 0.968 bits per heavy atom. The molecule has 166 valence electrons. The molecule has 3 aromatic rings. The largest absolute Gasteiger partial charge is 0.441 e. The van der Waals surface area contributed by atoms with Gasteiger partial charge in [0.25, 0.3) is 10.1 Å². The van der Waals surface area contributed by atoms with Crippen LogP contribution < -0.4 is 0 Å². The molecule has 0 amide bonds. The number of alkyl halides is 3. The first-order valence-electron chi connectivity index (χ1n) is 9.41. The Hall–Kier alpha value is -2.65. The van der Waals surface area contributed by atoms with Crippen LogP contribution >= 0.6 is 0 Å². The number of oxazole rings is 1. The van der Waals surface area contributed by atoms with Gasteiger partial charge in [0.1, 0.15) is 5.76 Å². The molecule has 0 aliphatic carbocycles. The molecule has 2 aromatic carbocycles. The van der Waals surface area contributed by atoms with Gasteiger partial charge >= 0.3 is 6.18 Å². The first-order valence-corrected chi connectivity index (χ1v) is 10.8. The Balaban J connectivity index is 1.80. The van der Waals surface area contributed by atoms with Crippen LogP contribution in [0.15, 0.2) is 57.8 Å². The summed E-state index contributed by atoms with van der Waals surface area (Å²) in [6.45, 7) is 6.81. The van der Waals surface area contributed by atoms with Crippen molar-refractivity contribution in [2.24, 2.45) is 0 Å². The Morgan fingerprint density at radius 3 is 2.10 bits per heavy atom. The number of nitrogens with zero attached hydrogens (tertiary/aromatic N) is 1. The second-order valence-electron chi connectivity index (χ2n) is 7.91. The Morgan fingerprint density at radius 2 is 1.55 bits per heavy atom. The standard InChI is InChI=1S/C22H22F3NO4S/c1-14-5-11-18(12-6-14)31(27,28)29-13-21(3,4)19-15(2)30-20(26-19)16-7-9-17(10-8-16)22(23,24)25/h5-12H,13H2,1-4H3. The van der Waals surface area contributed by atoms with Crippen molar-refractivity contribution in [3.63, 3.8) is 0 Å². The van der Waals surface area contributed by atoms with E-state index in [1.54, 1.807) is 32.9 Å². The van der Waals surface area contributed by atoms with E-state index < -0.39 is 27.3 Å². The molecular formula is C22H22F3NO4S. The third-order valence-corrected chi connectivity index (χ3v) is 6.06. The number of halogens is 3. The first kappa shape index (κ1) is 23.0. The number of hydrogen-bond donors (Lipinski definition) is 0. The average Bonchev–Trinajstić information content (AvgIpc) is 3.09. The second-order valence-corrected chi connectivity index (χ2v) is 9.53. The van der Waals surface area contributed by atoms with Crippen LogP contribution in [0.4, 0.5) is 13.2 Å². The molecule has 1 heterocycles. The molecule has 5 nitrogen and oxygen atoms in total. The SMILES string of the molecule is Cc1ccc(S(=O)(=O)OCC(C)(C)c2nc(-c3ccc(C(F)(F)F)cc3)oc2C)cc1.